The van der Waals surface area contributed by atoms with Gasteiger partial charge in [-0.3, -0.25) is 9.59 Å². The number of methoxy groups -OCH3 is 1. The van der Waals surface area contributed by atoms with Crippen LogP contribution in [0.4, 0.5) is 0 Å². The summed E-state index contributed by atoms with van der Waals surface area (Å²) in [7, 11) is 1.35. The van der Waals surface area contributed by atoms with E-state index in [1.54, 1.807) is 6.92 Å². The van der Waals surface area contributed by atoms with E-state index in [0.717, 1.165) is 25.8 Å². The minimum Gasteiger partial charge on any atom is -0.469 e. The molecule has 2 N–H and O–H groups in total. The molecule has 5 heteroatoms. The zero-order valence-electron chi connectivity index (χ0n) is 9.91. The van der Waals surface area contributed by atoms with Crippen LogP contribution in [0.1, 0.15) is 32.6 Å². The summed E-state index contributed by atoms with van der Waals surface area (Å²) in [4.78, 5) is 22.7. The number of hydrogen-bond donors (Lipinski definition) is 2. The Bertz CT molecular complexity index is 250. The van der Waals surface area contributed by atoms with Gasteiger partial charge in [0.25, 0.3) is 0 Å². The maximum Gasteiger partial charge on any atom is 0.307 e. The molecule has 1 saturated heterocycles. The zero-order chi connectivity index (χ0) is 12.0. The summed E-state index contributed by atoms with van der Waals surface area (Å²) in [5.74, 6) is -0.319. The van der Waals surface area contributed by atoms with Crippen molar-refractivity contribution in [2.45, 2.75) is 44.7 Å². The number of carbonyl (C=O) groups excluding carboxylic acids is 2. The quantitative estimate of drug-likeness (QED) is 0.674. The van der Waals surface area contributed by atoms with Crippen molar-refractivity contribution in [3.05, 3.63) is 0 Å². The molecule has 92 valence electrons. The second-order valence-electron chi connectivity index (χ2n) is 4.19. The van der Waals surface area contributed by atoms with E-state index >= 15 is 0 Å². The first-order valence-corrected chi connectivity index (χ1v) is 5.74. The van der Waals surface area contributed by atoms with Crippen molar-refractivity contribution in [2.75, 3.05) is 13.7 Å². The molecular formula is C11H20N2O3. The van der Waals surface area contributed by atoms with Crippen molar-refractivity contribution in [1.29, 1.82) is 0 Å². The maximum absolute atomic E-state index is 11.8. The molecule has 1 aliphatic heterocycles. The molecule has 0 bridgehead atoms. The lowest BCUT2D eigenvalue weighted by Crippen LogP contribution is -2.49. The first-order valence-electron chi connectivity index (χ1n) is 5.74. The SMILES string of the molecule is COC(=O)CC(C)NC(=O)C1CCCCN1. The highest BCUT2D eigenvalue weighted by Gasteiger charge is 2.22. The molecule has 1 amide bonds. The number of esters is 1. The summed E-state index contributed by atoms with van der Waals surface area (Å²) in [6, 6.07) is -0.280. The summed E-state index contributed by atoms with van der Waals surface area (Å²) in [6.07, 6.45) is 3.30. The summed E-state index contributed by atoms with van der Waals surface area (Å²) in [5, 5.41) is 5.98. The first kappa shape index (κ1) is 13.0. The molecule has 0 aromatic heterocycles. The average Bonchev–Trinajstić information content (AvgIpc) is 2.29. The molecule has 1 heterocycles. The molecule has 2 unspecified atom stereocenters. The minimum atomic E-state index is -0.301. The van der Waals surface area contributed by atoms with Crippen LogP contribution >= 0.6 is 0 Å². The fourth-order valence-electron chi connectivity index (χ4n) is 1.80. The van der Waals surface area contributed by atoms with E-state index in [0.29, 0.717) is 0 Å². The Labute approximate surface area is 95.9 Å². The molecular weight excluding hydrogens is 208 g/mol. The molecule has 1 rings (SSSR count). The second-order valence-corrected chi connectivity index (χ2v) is 4.19. The third kappa shape index (κ3) is 4.18. The highest BCUT2D eigenvalue weighted by atomic mass is 16.5. The topological polar surface area (TPSA) is 67.4 Å². The Kier molecular flexibility index (Phi) is 5.25. The molecule has 2 atom stereocenters. The highest BCUT2D eigenvalue weighted by molar-refractivity contribution is 5.82. The van der Waals surface area contributed by atoms with Crippen molar-refractivity contribution in [2.24, 2.45) is 0 Å². The molecule has 16 heavy (non-hydrogen) atoms. The van der Waals surface area contributed by atoms with E-state index < -0.39 is 0 Å². The number of carbonyl (C=O) groups is 2. The van der Waals surface area contributed by atoms with Crippen LogP contribution in [0.2, 0.25) is 0 Å². The van der Waals surface area contributed by atoms with Crippen LogP contribution in [-0.4, -0.2) is 37.6 Å². The summed E-state index contributed by atoms with van der Waals surface area (Å²) < 4.78 is 4.54. The number of rotatable bonds is 4. The standard InChI is InChI=1S/C11H20N2O3/c1-8(7-10(14)16-2)13-11(15)9-5-3-4-6-12-9/h8-9,12H,3-7H2,1-2H3,(H,13,15). The van der Waals surface area contributed by atoms with E-state index in [1.165, 1.54) is 7.11 Å². The lowest BCUT2D eigenvalue weighted by Gasteiger charge is -2.24. The summed E-state index contributed by atoms with van der Waals surface area (Å²) in [6.45, 7) is 2.70. The van der Waals surface area contributed by atoms with Crippen molar-refractivity contribution in [3.8, 4) is 0 Å². The molecule has 0 aromatic rings. The van der Waals surface area contributed by atoms with E-state index in [-0.39, 0.29) is 30.4 Å². The van der Waals surface area contributed by atoms with Crippen LogP contribution in [0, 0.1) is 0 Å². The van der Waals surface area contributed by atoms with Gasteiger partial charge < -0.3 is 15.4 Å². The second kappa shape index (κ2) is 6.48. The van der Waals surface area contributed by atoms with E-state index in [2.05, 4.69) is 15.4 Å². The van der Waals surface area contributed by atoms with Crippen molar-refractivity contribution in [3.63, 3.8) is 0 Å². The predicted octanol–water partition coefficient (Wildman–Crippen LogP) is 0.196. The van der Waals surface area contributed by atoms with Crippen LogP contribution in [-0.2, 0) is 14.3 Å². The largest absolute Gasteiger partial charge is 0.469 e. The molecule has 1 fully saturated rings. The number of amides is 1. The Morgan fingerprint density at radius 2 is 2.25 bits per heavy atom. The normalized spacial score (nSPS) is 22.2. The Balaban J connectivity index is 2.29. The molecule has 0 saturated carbocycles. The fraction of sp³-hybridized carbons (Fsp3) is 0.818. The van der Waals surface area contributed by atoms with Gasteiger partial charge in [-0.05, 0) is 26.3 Å². The average molecular weight is 228 g/mol. The van der Waals surface area contributed by atoms with E-state index in [9.17, 15) is 9.59 Å². The van der Waals surface area contributed by atoms with Gasteiger partial charge in [0.1, 0.15) is 0 Å². The smallest absolute Gasteiger partial charge is 0.307 e. The molecule has 0 radical (unpaired) electrons. The van der Waals surface area contributed by atoms with E-state index in [4.69, 9.17) is 0 Å². The predicted molar refractivity (Wildman–Crippen MR) is 59.9 cm³/mol. The maximum atomic E-state index is 11.8. The summed E-state index contributed by atoms with van der Waals surface area (Å²) >= 11 is 0. The Hall–Kier alpha value is -1.10. The van der Waals surface area contributed by atoms with Crippen LogP contribution in [0.25, 0.3) is 0 Å². The fourth-order valence-corrected chi connectivity index (χ4v) is 1.80. The lowest BCUT2D eigenvalue weighted by molar-refractivity contribution is -0.141. The summed E-state index contributed by atoms with van der Waals surface area (Å²) in [5.41, 5.74) is 0. The van der Waals surface area contributed by atoms with Gasteiger partial charge in [-0.1, -0.05) is 6.42 Å². The Morgan fingerprint density at radius 3 is 2.81 bits per heavy atom. The third-order valence-electron chi connectivity index (χ3n) is 2.72. The number of piperidine rings is 1. The van der Waals surface area contributed by atoms with Gasteiger partial charge in [0.2, 0.25) is 5.91 Å². The molecule has 5 nitrogen and oxygen atoms in total. The van der Waals surface area contributed by atoms with Gasteiger partial charge in [-0.25, -0.2) is 0 Å². The minimum absolute atomic E-state index is 0.0175. The molecule has 0 aromatic carbocycles. The van der Waals surface area contributed by atoms with Gasteiger partial charge in [0.05, 0.1) is 19.6 Å². The third-order valence-corrected chi connectivity index (χ3v) is 2.72. The lowest BCUT2D eigenvalue weighted by atomic mass is 10.0. The van der Waals surface area contributed by atoms with Gasteiger partial charge in [0.15, 0.2) is 0 Å². The van der Waals surface area contributed by atoms with Gasteiger partial charge in [0, 0.05) is 6.04 Å². The van der Waals surface area contributed by atoms with Gasteiger partial charge in [-0.15, -0.1) is 0 Å². The molecule has 1 aliphatic rings. The van der Waals surface area contributed by atoms with Crippen LogP contribution < -0.4 is 10.6 Å². The highest BCUT2D eigenvalue weighted by Crippen LogP contribution is 2.07. The van der Waals surface area contributed by atoms with Gasteiger partial charge >= 0.3 is 5.97 Å². The zero-order valence-corrected chi connectivity index (χ0v) is 9.91. The van der Waals surface area contributed by atoms with Crippen molar-refractivity contribution >= 4 is 11.9 Å². The van der Waals surface area contributed by atoms with Crippen LogP contribution in [0.15, 0.2) is 0 Å². The van der Waals surface area contributed by atoms with Gasteiger partial charge in [-0.2, -0.15) is 0 Å². The Morgan fingerprint density at radius 1 is 1.50 bits per heavy atom. The number of nitrogens with one attached hydrogen (secondary N) is 2. The molecule has 0 spiro atoms. The van der Waals surface area contributed by atoms with Crippen LogP contribution in [0.5, 0.6) is 0 Å². The van der Waals surface area contributed by atoms with E-state index in [1.807, 2.05) is 0 Å². The van der Waals surface area contributed by atoms with Crippen molar-refractivity contribution in [1.82, 2.24) is 10.6 Å². The first-order chi connectivity index (χ1) is 7.63. The monoisotopic (exact) mass is 228 g/mol. The van der Waals surface area contributed by atoms with Crippen molar-refractivity contribution < 1.29 is 14.3 Å². The van der Waals surface area contributed by atoms with Crippen LogP contribution in [0.3, 0.4) is 0 Å². The number of ether oxygens (including phenoxy) is 1. The number of hydrogen-bond acceptors (Lipinski definition) is 4. The molecule has 0 aliphatic carbocycles.